The minimum atomic E-state index is -0.601. The fourth-order valence-electron chi connectivity index (χ4n) is 4.54. The van der Waals surface area contributed by atoms with E-state index in [1.54, 1.807) is 4.90 Å². The van der Waals surface area contributed by atoms with Crippen molar-refractivity contribution in [3.63, 3.8) is 0 Å². The molecule has 4 atom stereocenters. The molecule has 0 unspecified atom stereocenters. The smallest absolute Gasteiger partial charge is 0.278 e. The molecule has 1 N–H and O–H groups in total. The van der Waals surface area contributed by atoms with Gasteiger partial charge in [-0.05, 0) is 42.7 Å². The topological polar surface area (TPSA) is 94.0 Å². The molecule has 172 valence electrons. The first kappa shape index (κ1) is 22.3. The normalized spacial score (nSPS) is 24.8. The Bertz CT molecular complexity index is 937. The SMILES string of the molecule is COc1nccnc1C(=O)N1C[C@H]2C[C@@H](Oc3ccccc3OCC(C)C)[C@H](O)C[C@H]2C1. The van der Waals surface area contributed by atoms with E-state index in [9.17, 15) is 9.90 Å². The van der Waals surface area contributed by atoms with E-state index in [1.165, 1.54) is 19.5 Å². The largest absolute Gasteiger partial charge is 0.489 e. The Kier molecular flexibility index (Phi) is 6.79. The van der Waals surface area contributed by atoms with Gasteiger partial charge in [0, 0.05) is 25.5 Å². The van der Waals surface area contributed by atoms with Crippen molar-refractivity contribution in [3.8, 4) is 17.4 Å². The maximum absolute atomic E-state index is 13.0. The average Bonchev–Trinajstić information content (AvgIpc) is 3.20. The Hall–Kier alpha value is -2.87. The van der Waals surface area contributed by atoms with E-state index in [4.69, 9.17) is 14.2 Å². The second-order valence-electron chi connectivity index (χ2n) is 8.99. The molecule has 1 aliphatic heterocycles. The molecule has 1 aromatic carbocycles. The summed E-state index contributed by atoms with van der Waals surface area (Å²) in [4.78, 5) is 23.1. The van der Waals surface area contributed by atoms with Gasteiger partial charge >= 0.3 is 0 Å². The molecule has 4 rings (SSSR count). The third-order valence-corrected chi connectivity index (χ3v) is 6.13. The number of carbonyl (C=O) groups excluding carboxylic acids is 1. The van der Waals surface area contributed by atoms with Gasteiger partial charge in [0.05, 0.1) is 19.8 Å². The van der Waals surface area contributed by atoms with Gasteiger partial charge in [0.2, 0.25) is 5.88 Å². The first-order valence-corrected chi connectivity index (χ1v) is 11.2. The van der Waals surface area contributed by atoms with E-state index >= 15 is 0 Å². The number of ether oxygens (including phenoxy) is 3. The van der Waals surface area contributed by atoms with Crippen LogP contribution in [0, 0.1) is 17.8 Å². The number of methoxy groups -OCH3 is 1. The summed E-state index contributed by atoms with van der Waals surface area (Å²) in [5.41, 5.74) is 0.221. The standard InChI is InChI=1S/C24H31N3O5/c1-15(2)14-31-19-6-4-5-7-20(19)32-21-11-17-13-27(12-16(17)10-18(21)28)24(29)22-23(30-3)26-9-8-25-22/h4-9,15-18,21,28H,10-14H2,1-3H3/t16-,17+,18+,21+/m0/s1. The van der Waals surface area contributed by atoms with Gasteiger partial charge in [0.15, 0.2) is 17.2 Å². The number of fused-ring (bicyclic) bond motifs is 1. The highest BCUT2D eigenvalue weighted by Crippen LogP contribution is 2.40. The van der Waals surface area contributed by atoms with Crippen LogP contribution in [0.3, 0.4) is 0 Å². The summed E-state index contributed by atoms with van der Waals surface area (Å²) in [5, 5.41) is 10.8. The van der Waals surface area contributed by atoms with Crippen LogP contribution in [0.5, 0.6) is 17.4 Å². The Labute approximate surface area is 188 Å². The number of aromatic nitrogens is 2. The molecule has 1 amide bonds. The number of aliphatic hydroxyl groups excluding tert-OH is 1. The van der Waals surface area contributed by atoms with Gasteiger partial charge in [0.25, 0.3) is 5.91 Å². The van der Waals surface area contributed by atoms with Gasteiger partial charge < -0.3 is 24.2 Å². The molecule has 2 fully saturated rings. The minimum Gasteiger partial charge on any atom is -0.489 e. The van der Waals surface area contributed by atoms with Gasteiger partial charge in [-0.2, -0.15) is 0 Å². The van der Waals surface area contributed by atoms with Gasteiger partial charge in [0.1, 0.15) is 6.10 Å². The highest BCUT2D eigenvalue weighted by Gasteiger charge is 2.44. The summed E-state index contributed by atoms with van der Waals surface area (Å²) in [7, 11) is 1.48. The number of benzene rings is 1. The molecule has 1 aliphatic carbocycles. The van der Waals surface area contributed by atoms with Crippen LogP contribution in [0.25, 0.3) is 0 Å². The average molecular weight is 442 g/mol. The Balaban J connectivity index is 1.43. The van der Waals surface area contributed by atoms with Crippen LogP contribution in [-0.2, 0) is 0 Å². The summed E-state index contributed by atoms with van der Waals surface area (Å²) < 4.78 is 17.3. The Morgan fingerprint density at radius 2 is 1.81 bits per heavy atom. The van der Waals surface area contributed by atoms with Crippen molar-refractivity contribution in [2.45, 2.75) is 38.9 Å². The number of aliphatic hydroxyl groups is 1. The Morgan fingerprint density at radius 3 is 2.53 bits per heavy atom. The van der Waals surface area contributed by atoms with Crippen molar-refractivity contribution in [2.24, 2.45) is 17.8 Å². The molecular weight excluding hydrogens is 410 g/mol. The fourth-order valence-corrected chi connectivity index (χ4v) is 4.54. The van der Waals surface area contributed by atoms with E-state index in [0.717, 1.165) is 0 Å². The predicted octanol–water partition coefficient (Wildman–Crippen LogP) is 2.81. The molecule has 2 heterocycles. The zero-order chi connectivity index (χ0) is 22.7. The third kappa shape index (κ3) is 4.80. The minimum absolute atomic E-state index is 0.191. The quantitative estimate of drug-likeness (QED) is 0.706. The number of para-hydroxylation sites is 2. The maximum Gasteiger partial charge on any atom is 0.278 e. The summed E-state index contributed by atoms with van der Waals surface area (Å²) in [6.45, 7) is 5.97. The van der Waals surface area contributed by atoms with Crippen molar-refractivity contribution in [3.05, 3.63) is 42.4 Å². The monoisotopic (exact) mass is 441 g/mol. The maximum atomic E-state index is 13.0. The van der Waals surface area contributed by atoms with Crippen molar-refractivity contribution < 1.29 is 24.1 Å². The highest BCUT2D eigenvalue weighted by molar-refractivity contribution is 5.94. The van der Waals surface area contributed by atoms with Crippen LogP contribution in [0.15, 0.2) is 36.7 Å². The lowest BCUT2D eigenvalue weighted by Crippen LogP contribution is -2.42. The lowest BCUT2D eigenvalue weighted by molar-refractivity contribution is -0.0243. The number of hydrogen-bond donors (Lipinski definition) is 1. The number of likely N-dealkylation sites (tertiary alicyclic amines) is 1. The first-order valence-electron chi connectivity index (χ1n) is 11.2. The summed E-state index contributed by atoms with van der Waals surface area (Å²) in [5.74, 6) is 2.25. The molecule has 0 spiro atoms. The molecule has 32 heavy (non-hydrogen) atoms. The van der Waals surface area contributed by atoms with Crippen LogP contribution >= 0.6 is 0 Å². The number of hydrogen-bond acceptors (Lipinski definition) is 7. The van der Waals surface area contributed by atoms with Gasteiger partial charge in [-0.3, -0.25) is 4.79 Å². The third-order valence-electron chi connectivity index (χ3n) is 6.13. The van der Waals surface area contributed by atoms with Crippen LogP contribution in [0.2, 0.25) is 0 Å². The molecule has 0 radical (unpaired) electrons. The molecule has 0 bridgehead atoms. The van der Waals surface area contributed by atoms with Gasteiger partial charge in [-0.25, -0.2) is 9.97 Å². The van der Waals surface area contributed by atoms with Gasteiger partial charge in [-0.1, -0.05) is 26.0 Å². The number of rotatable bonds is 7. The molecule has 1 saturated heterocycles. The van der Waals surface area contributed by atoms with E-state index in [0.29, 0.717) is 50.0 Å². The summed E-state index contributed by atoms with van der Waals surface area (Å²) >= 11 is 0. The fraction of sp³-hybridized carbons (Fsp3) is 0.542. The molecule has 2 aliphatic rings. The van der Waals surface area contributed by atoms with Gasteiger partial charge in [-0.15, -0.1) is 0 Å². The van der Waals surface area contributed by atoms with E-state index in [1.807, 2.05) is 24.3 Å². The number of amides is 1. The van der Waals surface area contributed by atoms with Crippen LogP contribution in [0.4, 0.5) is 0 Å². The zero-order valence-electron chi connectivity index (χ0n) is 18.8. The number of carbonyl (C=O) groups is 1. The lowest BCUT2D eigenvalue weighted by atomic mass is 9.78. The van der Waals surface area contributed by atoms with Crippen LogP contribution in [-0.4, -0.2) is 64.9 Å². The van der Waals surface area contributed by atoms with Crippen molar-refractivity contribution >= 4 is 5.91 Å². The van der Waals surface area contributed by atoms with E-state index < -0.39 is 6.10 Å². The molecule has 8 nitrogen and oxygen atoms in total. The van der Waals surface area contributed by atoms with Crippen LogP contribution < -0.4 is 14.2 Å². The first-order chi connectivity index (χ1) is 15.5. The second kappa shape index (κ2) is 9.73. The molecule has 1 saturated carbocycles. The second-order valence-corrected chi connectivity index (χ2v) is 8.99. The molecular formula is C24H31N3O5. The van der Waals surface area contributed by atoms with Crippen molar-refractivity contribution in [1.82, 2.24) is 14.9 Å². The zero-order valence-corrected chi connectivity index (χ0v) is 18.8. The van der Waals surface area contributed by atoms with Crippen molar-refractivity contribution in [2.75, 3.05) is 26.8 Å². The van der Waals surface area contributed by atoms with E-state index in [2.05, 4.69) is 23.8 Å². The molecule has 2 aromatic rings. The highest BCUT2D eigenvalue weighted by atomic mass is 16.5. The molecule has 1 aromatic heterocycles. The van der Waals surface area contributed by atoms with Crippen molar-refractivity contribution in [1.29, 1.82) is 0 Å². The van der Waals surface area contributed by atoms with Crippen LogP contribution in [0.1, 0.15) is 37.2 Å². The summed E-state index contributed by atoms with van der Waals surface area (Å²) in [6.07, 6.45) is 3.31. The lowest BCUT2D eigenvalue weighted by Gasteiger charge is -2.35. The number of nitrogens with zero attached hydrogens (tertiary/aromatic N) is 3. The van der Waals surface area contributed by atoms with E-state index in [-0.39, 0.29) is 35.4 Å². The predicted molar refractivity (Wildman–Crippen MR) is 118 cm³/mol. The molecule has 8 heteroatoms. The Morgan fingerprint density at radius 1 is 1.12 bits per heavy atom. The summed E-state index contributed by atoms with van der Waals surface area (Å²) in [6, 6.07) is 7.58.